The zero-order valence-electron chi connectivity index (χ0n) is 14.9. The van der Waals surface area contributed by atoms with Gasteiger partial charge in [0, 0.05) is 43.0 Å². The summed E-state index contributed by atoms with van der Waals surface area (Å²) in [7, 11) is 0. The molecule has 0 bridgehead atoms. The minimum atomic E-state index is 0.145. The quantitative estimate of drug-likeness (QED) is 0.810. The molecule has 1 atom stereocenters. The molecule has 1 aliphatic rings. The molecule has 1 heterocycles. The van der Waals surface area contributed by atoms with E-state index in [1.807, 2.05) is 29.2 Å². The number of carbonyl (C=O) groups excluding carboxylic acids is 1. The van der Waals surface area contributed by atoms with Crippen molar-refractivity contribution in [2.45, 2.75) is 52.6 Å². The standard InChI is InChI=1S/C19H31N3O/c1-14(2)9-11-20-17-7-5-16(6-8-17)19(23)22-12-10-18(13-22)21-15(3)4/h5-8,14-15,18,20-21H,9-13H2,1-4H3/t18-/m0/s1. The number of benzene rings is 1. The van der Waals surface area contributed by atoms with E-state index in [2.05, 4.69) is 38.3 Å². The van der Waals surface area contributed by atoms with Crippen molar-refractivity contribution >= 4 is 11.6 Å². The van der Waals surface area contributed by atoms with E-state index in [4.69, 9.17) is 0 Å². The Hall–Kier alpha value is -1.55. The van der Waals surface area contributed by atoms with Gasteiger partial charge in [0.2, 0.25) is 0 Å². The van der Waals surface area contributed by atoms with E-state index in [0.717, 1.165) is 43.7 Å². The zero-order chi connectivity index (χ0) is 16.8. The van der Waals surface area contributed by atoms with Gasteiger partial charge in [0.15, 0.2) is 0 Å². The summed E-state index contributed by atoms with van der Waals surface area (Å²) in [6.45, 7) is 11.4. The lowest BCUT2D eigenvalue weighted by atomic mass is 10.1. The van der Waals surface area contributed by atoms with Crippen molar-refractivity contribution in [2.24, 2.45) is 5.92 Å². The second kappa shape index (κ2) is 8.34. The summed E-state index contributed by atoms with van der Waals surface area (Å²) in [6.07, 6.45) is 2.19. The van der Waals surface area contributed by atoms with Crippen molar-refractivity contribution in [3.05, 3.63) is 29.8 Å². The van der Waals surface area contributed by atoms with Crippen LogP contribution in [0.3, 0.4) is 0 Å². The van der Waals surface area contributed by atoms with Gasteiger partial charge in [0.05, 0.1) is 0 Å². The smallest absolute Gasteiger partial charge is 0.253 e. The molecular weight excluding hydrogens is 286 g/mol. The van der Waals surface area contributed by atoms with E-state index in [1.165, 1.54) is 0 Å². The highest BCUT2D eigenvalue weighted by atomic mass is 16.2. The fourth-order valence-electron chi connectivity index (χ4n) is 2.97. The zero-order valence-corrected chi connectivity index (χ0v) is 14.9. The van der Waals surface area contributed by atoms with Crippen LogP contribution in [0.1, 0.15) is 50.9 Å². The Morgan fingerprint density at radius 3 is 2.52 bits per heavy atom. The van der Waals surface area contributed by atoms with Crippen molar-refractivity contribution in [2.75, 3.05) is 25.0 Å². The molecule has 0 radical (unpaired) electrons. The van der Waals surface area contributed by atoms with Gasteiger partial charge in [-0.25, -0.2) is 0 Å². The van der Waals surface area contributed by atoms with E-state index >= 15 is 0 Å². The third-order valence-electron chi connectivity index (χ3n) is 4.23. The molecule has 1 saturated heterocycles. The molecule has 0 aliphatic carbocycles. The maximum Gasteiger partial charge on any atom is 0.253 e. The number of hydrogen-bond acceptors (Lipinski definition) is 3. The van der Waals surface area contributed by atoms with Crippen LogP contribution in [0.15, 0.2) is 24.3 Å². The molecule has 1 amide bonds. The highest BCUT2D eigenvalue weighted by Gasteiger charge is 2.26. The monoisotopic (exact) mass is 317 g/mol. The fraction of sp³-hybridized carbons (Fsp3) is 0.632. The molecule has 1 aromatic rings. The van der Waals surface area contributed by atoms with Crippen molar-refractivity contribution in [1.29, 1.82) is 0 Å². The van der Waals surface area contributed by atoms with Crippen molar-refractivity contribution in [1.82, 2.24) is 10.2 Å². The summed E-state index contributed by atoms with van der Waals surface area (Å²) < 4.78 is 0. The first kappa shape index (κ1) is 17.8. The first-order chi connectivity index (χ1) is 11.0. The van der Waals surface area contributed by atoms with Crippen LogP contribution in [0.25, 0.3) is 0 Å². The van der Waals surface area contributed by atoms with Crippen LogP contribution in [-0.4, -0.2) is 42.5 Å². The minimum Gasteiger partial charge on any atom is -0.385 e. The number of anilines is 1. The number of hydrogen-bond donors (Lipinski definition) is 2. The van der Waals surface area contributed by atoms with Gasteiger partial charge < -0.3 is 15.5 Å². The number of rotatable bonds is 7. The molecule has 0 aromatic heterocycles. The Kier molecular flexibility index (Phi) is 6.46. The van der Waals surface area contributed by atoms with Gasteiger partial charge in [0.1, 0.15) is 0 Å². The first-order valence-electron chi connectivity index (χ1n) is 8.85. The lowest BCUT2D eigenvalue weighted by molar-refractivity contribution is 0.0789. The average Bonchev–Trinajstić information content (AvgIpc) is 2.94. The van der Waals surface area contributed by atoms with Gasteiger partial charge in [-0.2, -0.15) is 0 Å². The number of nitrogens with zero attached hydrogens (tertiary/aromatic N) is 1. The van der Waals surface area contributed by atoms with Crippen LogP contribution in [-0.2, 0) is 0 Å². The first-order valence-corrected chi connectivity index (χ1v) is 8.85. The Bertz CT molecular complexity index is 496. The van der Waals surface area contributed by atoms with Crippen LogP contribution in [0.2, 0.25) is 0 Å². The van der Waals surface area contributed by atoms with Crippen LogP contribution < -0.4 is 10.6 Å². The largest absolute Gasteiger partial charge is 0.385 e. The Labute approximate surface area is 140 Å². The van der Waals surface area contributed by atoms with Crippen molar-refractivity contribution < 1.29 is 4.79 Å². The van der Waals surface area contributed by atoms with Crippen LogP contribution >= 0.6 is 0 Å². The molecule has 1 aromatic carbocycles. The van der Waals surface area contributed by atoms with Crippen LogP contribution in [0, 0.1) is 5.92 Å². The SMILES string of the molecule is CC(C)CCNc1ccc(C(=O)N2CC[C@H](NC(C)C)C2)cc1. The average molecular weight is 317 g/mol. The van der Waals surface area contributed by atoms with Gasteiger partial charge in [-0.3, -0.25) is 4.79 Å². The lowest BCUT2D eigenvalue weighted by Crippen LogP contribution is -2.38. The molecule has 0 unspecified atom stereocenters. The van der Waals surface area contributed by atoms with E-state index in [0.29, 0.717) is 18.0 Å². The summed E-state index contributed by atoms with van der Waals surface area (Å²) in [5.41, 5.74) is 1.87. The molecule has 0 spiro atoms. The van der Waals surface area contributed by atoms with Crippen molar-refractivity contribution in [3.63, 3.8) is 0 Å². The highest BCUT2D eigenvalue weighted by molar-refractivity contribution is 5.94. The number of likely N-dealkylation sites (tertiary alicyclic amines) is 1. The topological polar surface area (TPSA) is 44.4 Å². The third-order valence-corrected chi connectivity index (χ3v) is 4.23. The molecule has 2 N–H and O–H groups in total. The maximum atomic E-state index is 12.6. The normalized spacial score (nSPS) is 18.0. The summed E-state index contributed by atoms with van der Waals surface area (Å²) in [6, 6.07) is 8.77. The maximum absolute atomic E-state index is 12.6. The van der Waals surface area contributed by atoms with Gasteiger partial charge in [0.25, 0.3) is 5.91 Å². The minimum absolute atomic E-state index is 0.145. The van der Waals surface area contributed by atoms with Crippen molar-refractivity contribution in [3.8, 4) is 0 Å². The van der Waals surface area contributed by atoms with Gasteiger partial charge >= 0.3 is 0 Å². The molecule has 4 heteroatoms. The molecule has 128 valence electrons. The molecule has 23 heavy (non-hydrogen) atoms. The Morgan fingerprint density at radius 1 is 1.22 bits per heavy atom. The molecule has 4 nitrogen and oxygen atoms in total. The second-order valence-corrected chi connectivity index (χ2v) is 7.24. The van der Waals surface area contributed by atoms with Gasteiger partial charge in [-0.05, 0) is 43.0 Å². The van der Waals surface area contributed by atoms with Crippen LogP contribution in [0.4, 0.5) is 5.69 Å². The summed E-state index contributed by atoms with van der Waals surface area (Å²) >= 11 is 0. The Morgan fingerprint density at radius 2 is 1.91 bits per heavy atom. The molecule has 1 aliphatic heterocycles. The second-order valence-electron chi connectivity index (χ2n) is 7.24. The predicted molar refractivity (Wildman–Crippen MR) is 97.0 cm³/mol. The van der Waals surface area contributed by atoms with Gasteiger partial charge in [-0.15, -0.1) is 0 Å². The molecule has 1 fully saturated rings. The summed E-state index contributed by atoms with van der Waals surface area (Å²) in [5.74, 6) is 0.845. The summed E-state index contributed by atoms with van der Waals surface area (Å²) in [5, 5.41) is 6.92. The van der Waals surface area contributed by atoms with E-state index in [9.17, 15) is 4.79 Å². The number of nitrogens with one attached hydrogen (secondary N) is 2. The molecular formula is C19H31N3O. The predicted octanol–water partition coefficient (Wildman–Crippen LogP) is 3.36. The van der Waals surface area contributed by atoms with Gasteiger partial charge in [-0.1, -0.05) is 27.7 Å². The highest BCUT2D eigenvalue weighted by Crippen LogP contribution is 2.16. The van der Waals surface area contributed by atoms with E-state index < -0.39 is 0 Å². The number of carbonyl (C=O) groups is 1. The summed E-state index contributed by atoms with van der Waals surface area (Å²) in [4.78, 5) is 14.5. The van der Waals surface area contributed by atoms with E-state index in [1.54, 1.807) is 0 Å². The Balaban J connectivity index is 1.85. The molecule has 2 rings (SSSR count). The van der Waals surface area contributed by atoms with E-state index in [-0.39, 0.29) is 5.91 Å². The molecule has 0 saturated carbocycles. The lowest BCUT2D eigenvalue weighted by Gasteiger charge is -2.19. The third kappa shape index (κ3) is 5.54. The number of amides is 1. The van der Waals surface area contributed by atoms with Crippen LogP contribution in [0.5, 0.6) is 0 Å². The fourth-order valence-corrected chi connectivity index (χ4v) is 2.97.